The number of carboxylic acid groups (broad SMARTS) is 1. The molecule has 0 aliphatic rings. The average Bonchev–Trinajstić information content (AvgIpc) is 2.59. The second-order valence-electron chi connectivity index (χ2n) is 3.15. The average molecular weight is 334 g/mol. The molecule has 102 valence electrons. The lowest BCUT2D eigenvalue weighted by Crippen LogP contribution is -2.43. The van der Waals surface area contributed by atoms with Crippen molar-refractivity contribution in [3.8, 4) is 0 Å². The molecular weight excluding hydrogens is 325 g/mol. The fourth-order valence-corrected chi connectivity index (χ4v) is 4.10. The zero-order chi connectivity index (χ0) is 13.9. The van der Waals surface area contributed by atoms with Crippen LogP contribution in [0.3, 0.4) is 0 Å². The first kappa shape index (κ1) is 15.7. The number of hydrogen-bond acceptors (Lipinski definition) is 5. The van der Waals surface area contributed by atoms with E-state index < -0.39 is 22.0 Å². The van der Waals surface area contributed by atoms with Gasteiger partial charge in [0.25, 0.3) is 10.0 Å². The number of rotatable bonds is 6. The van der Waals surface area contributed by atoms with Gasteiger partial charge in [-0.1, -0.05) is 23.2 Å². The molecule has 18 heavy (non-hydrogen) atoms. The Morgan fingerprint density at radius 3 is 2.61 bits per heavy atom. The number of carbonyl (C=O) groups is 1. The van der Waals surface area contributed by atoms with E-state index in [4.69, 9.17) is 28.3 Å². The summed E-state index contributed by atoms with van der Waals surface area (Å²) in [6.07, 6.45) is 0. The molecule has 1 atom stereocenters. The van der Waals surface area contributed by atoms with Gasteiger partial charge in [0.1, 0.15) is 14.6 Å². The van der Waals surface area contributed by atoms with Crippen LogP contribution in [0.25, 0.3) is 0 Å². The third kappa shape index (κ3) is 3.81. The summed E-state index contributed by atoms with van der Waals surface area (Å²) in [5, 5.41) is 8.92. The predicted octanol–water partition coefficient (Wildman–Crippen LogP) is 1.43. The summed E-state index contributed by atoms with van der Waals surface area (Å²) in [6, 6.07) is -0.220. The zero-order valence-electron chi connectivity index (χ0n) is 9.01. The van der Waals surface area contributed by atoms with Crippen LogP contribution < -0.4 is 4.72 Å². The van der Waals surface area contributed by atoms with Crippen LogP contribution in [0.1, 0.15) is 0 Å². The molecule has 0 saturated heterocycles. The molecule has 0 aliphatic heterocycles. The molecule has 2 N–H and O–H groups in total. The Morgan fingerprint density at radius 1 is 1.61 bits per heavy atom. The number of thiophene rings is 1. The number of carboxylic acids is 1. The quantitative estimate of drug-likeness (QED) is 0.821. The number of hydrogen-bond donors (Lipinski definition) is 2. The molecule has 1 heterocycles. The Hall–Kier alpha value is -0.380. The SMILES string of the molecule is COCC(NS(=O)(=O)c1cc(Cl)c(Cl)s1)C(=O)O. The molecule has 0 spiro atoms. The van der Waals surface area contributed by atoms with Crippen molar-refractivity contribution in [1.82, 2.24) is 4.72 Å². The minimum atomic E-state index is -3.99. The molecule has 0 fully saturated rings. The number of methoxy groups -OCH3 is 1. The van der Waals surface area contributed by atoms with Gasteiger partial charge in [-0.25, -0.2) is 8.42 Å². The van der Waals surface area contributed by atoms with Gasteiger partial charge in [0.2, 0.25) is 0 Å². The molecule has 0 aromatic carbocycles. The minimum Gasteiger partial charge on any atom is -0.480 e. The van der Waals surface area contributed by atoms with E-state index in [0.29, 0.717) is 0 Å². The van der Waals surface area contributed by atoms with E-state index in [1.807, 2.05) is 4.72 Å². The van der Waals surface area contributed by atoms with Gasteiger partial charge in [0, 0.05) is 7.11 Å². The molecule has 10 heteroatoms. The fraction of sp³-hybridized carbons (Fsp3) is 0.375. The Balaban J connectivity index is 2.96. The summed E-state index contributed by atoms with van der Waals surface area (Å²) in [4.78, 5) is 10.8. The molecule has 0 saturated carbocycles. The van der Waals surface area contributed by atoms with E-state index in [0.717, 1.165) is 17.4 Å². The van der Waals surface area contributed by atoms with Crippen LogP contribution in [0.15, 0.2) is 10.3 Å². The van der Waals surface area contributed by atoms with Gasteiger partial charge in [-0.3, -0.25) is 4.79 Å². The van der Waals surface area contributed by atoms with Gasteiger partial charge in [-0.05, 0) is 6.07 Å². The topological polar surface area (TPSA) is 92.7 Å². The van der Waals surface area contributed by atoms with Crippen molar-refractivity contribution in [2.24, 2.45) is 0 Å². The van der Waals surface area contributed by atoms with Crippen LogP contribution in [0.4, 0.5) is 0 Å². The lowest BCUT2D eigenvalue weighted by atomic mass is 10.3. The number of halogens is 2. The summed E-state index contributed by atoms with van der Waals surface area (Å²) in [7, 11) is -2.72. The summed E-state index contributed by atoms with van der Waals surface area (Å²) < 4.78 is 30.3. The molecule has 1 aromatic heterocycles. The number of nitrogens with one attached hydrogen (secondary N) is 1. The fourth-order valence-electron chi connectivity index (χ4n) is 1.03. The molecule has 6 nitrogen and oxygen atoms in total. The zero-order valence-corrected chi connectivity index (χ0v) is 12.2. The Morgan fingerprint density at radius 2 is 2.22 bits per heavy atom. The third-order valence-corrected chi connectivity index (χ3v) is 5.63. The first-order valence-corrected chi connectivity index (χ1v) is 7.52. The van der Waals surface area contributed by atoms with Gasteiger partial charge in [0.05, 0.1) is 11.6 Å². The highest BCUT2D eigenvalue weighted by Crippen LogP contribution is 2.34. The van der Waals surface area contributed by atoms with Crippen LogP contribution in [0.2, 0.25) is 9.36 Å². The third-order valence-electron chi connectivity index (χ3n) is 1.82. The van der Waals surface area contributed by atoms with E-state index >= 15 is 0 Å². The van der Waals surface area contributed by atoms with Crippen molar-refractivity contribution >= 4 is 50.5 Å². The van der Waals surface area contributed by atoms with Crippen molar-refractivity contribution < 1.29 is 23.1 Å². The maximum absolute atomic E-state index is 11.9. The minimum absolute atomic E-state index is 0.0978. The monoisotopic (exact) mass is 333 g/mol. The molecule has 0 radical (unpaired) electrons. The Bertz CT molecular complexity index is 522. The molecule has 0 bridgehead atoms. The molecule has 1 aromatic rings. The summed E-state index contributed by atoms with van der Waals surface area (Å²) in [5.41, 5.74) is 0. The van der Waals surface area contributed by atoms with E-state index in [2.05, 4.69) is 4.74 Å². The highest BCUT2D eigenvalue weighted by Gasteiger charge is 2.27. The maximum Gasteiger partial charge on any atom is 0.324 e. The normalized spacial score (nSPS) is 13.5. The van der Waals surface area contributed by atoms with Crippen LogP contribution in [-0.2, 0) is 19.6 Å². The number of ether oxygens (including phenoxy) is 1. The van der Waals surface area contributed by atoms with E-state index in [9.17, 15) is 13.2 Å². The summed E-state index contributed by atoms with van der Waals surface area (Å²) >= 11 is 12.0. The largest absolute Gasteiger partial charge is 0.480 e. The van der Waals surface area contributed by atoms with Gasteiger partial charge in [-0.15, -0.1) is 11.3 Å². The second-order valence-corrected chi connectivity index (χ2v) is 7.16. The van der Waals surface area contributed by atoms with Crippen molar-refractivity contribution in [1.29, 1.82) is 0 Å². The smallest absolute Gasteiger partial charge is 0.324 e. The summed E-state index contributed by atoms with van der Waals surface area (Å²) in [6.45, 7) is -0.290. The van der Waals surface area contributed by atoms with E-state index in [-0.39, 0.29) is 20.2 Å². The van der Waals surface area contributed by atoms with Crippen molar-refractivity contribution in [2.75, 3.05) is 13.7 Å². The van der Waals surface area contributed by atoms with Crippen molar-refractivity contribution in [3.63, 3.8) is 0 Å². The molecular formula is C8H9Cl2NO5S2. The van der Waals surface area contributed by atoms with Crippen molar-refractivity contribution in [2.45, 2.75) is 10.3 Å². The van der Waals surface area contributed by atoms with E-state index in [1.165, 1.54) is 7.11 Å². The first-order chi connectivity index (χ1) is 8.27. The van der Waals surface area contributed by atoms with Crippen LogP contribution in [0, 0.1) is 0 Å². The van der Waals surface area contributed by atoms with Crippen LogP contribution >= 0.6 is 34.5 Å². The first-order valence-electron chi connectivity index (χ1n) is 4.47. The molecule has 0 amide bonds. The highest BCUT2D eigenvalue weighted by atomic mass is 35.5. The molecule has 1 unspecified atom stereocenters. The van der Waals surface area contributed by atoms with Gasteiger partial charge >= 0.3 is 5.97 Å². The summed E-state index contributed by atoms with van der Waals surface area (Å²) in [5.74, 6) is -1.34. The van der Waals surface area contributed by atoms with Crippen molar-refractivity contribution in [3.05, 3.63) is 15.4 Å². The van der Waals surface area contributed by atoms with E-state index in [1.54, 1.807) is 0 Å². The number of sulfonamides is 1. The molecule has 0 aliphatic carbocycles. The maximum atomic E-state index is 11.9. The Labute approximate surface area is 118 Å². The van der Waals surface area contributed by atoms with Gasteiger partial charge in [-0.2, -0.15) is 4.72 Å². The Kier molecular flexibility index (Phi) is 5.38. The van der Waals surface area contributed by atoms with Crippen LogP contribution in [-0.4, -0.2) is 39.3 Å². The van der Waals surface area contributed by atoms with Gasteiger partial charge in [0.15, 0.2) is 0 Å². The van der Waals surface area contributed by atoms with Gasteiger partial charge < -0.3 is 9.84 Å². The number of aliphatic carboxylic acids is 1. The lowest BCUT2D eigenvalue weighted by molar-refractivity contribution is -0.140. The second kappa shape index (κ2) is 6.18. The highest BCUT2D eigenvalue weighted by molar-refractivity contribution is 7.91. The van der Waals surface area contributed by atoms with Crippen LogP contribution in [0.5, 0.6) is 0 Å². The lowest BCUT2D eigenvalue weighted by Gasteiger charge is -2.12. The predicted molar refractivity (Wildman–Crippen MR) is 68.0 cm³/mol. The molecule has 1 rings (SSSR count). The standard InChI is InChI=1S/C8H9Cl2NO5S2/c1-16-3-5(8(12)13)11-18(14,15)6-2-4(9)7(10)17-6/h2,5,11H,3H2,1H3,(H,12,13).